The Morgan fingerprint density at radius 3 is 2.36 bits per heavy atom. The van der Waals surface area contributed by atoms with E-state index >= 15 is 0 Å². The van der Waals surface area contributed by atoms with Crippen molar-refractivity contribution in [3.8, 4) is 0 Å². The molecule has 0 bridgehead atoms. The van der Waals surface area contributed by atoms with Crippen molar-refractivity contribution in [2.45, 2.75) is 13.8 Å². The highest BCUT2D eigenvalue weighted by molar-refractivity contribution is 5.94. The van der Waals surface area contributed by atoms with Crippen LogP contribution < -0.4 is 5.32 Å². The van der Waals surface area contributed by atoms with E-state index in [1.54, 1.807) is 13.1 Å². The van der Waals surface area contributed by atoms with Crippen molar-refractivity contribution >= 4 is 11.5 Å². The van der Waals surface area contributed by atoms with E-state index in [4.69, 9.17) is 0 Å². The molecule has 0 aliphatic rings. The van der Waals surface area contributed by atoms with Gasteiger partial charge in [0, 0.05) is 13.1 Å². The molecular weight excluding hydrogens is 174 g/mol. The van der Waals surface area contributed by atoms with Gasteiger partial charge in [0.2, 0.25) is 5.91 Å². The first-order chi connectivity index (χ1) is 6.63. The Balaban J connectivity index is 2.89. The maximum atomic E-state index is 11.1. The lowest BCUT2D eigenvalue weighted by Crippen LogP contribution is -2.14. The summed E-state index contributed by atoms with van der Waals surface area (Å²) in [6, 6.07) is 8.11. The number of amides is 1. The fourth-order valence-corrected chi connectivity index (χ4v) is 1.17. The third kappa shape index (κ3) is 2.73. The van der Waals surface area contributed by atoms with Gasteiger partial charge in [-0.2, -0.15) is 0 Å². The molecule has 0 atom stereocenters. The van der Waals surface area contributed by atoms with E-state index in [9.17, 15) is 4.79 Å². The fraction of sp³-hybridized carbons (Fsp3) is 0.250. The zero-order chi connectivity index (χ0) is 10.6. The van der Waals surface area contributed by atoms with Crippen LogP contribution in [0.5, 0.6) is 0 Å². The molecular formula is C12H15NO. The van der Waals surface area contributed by atoms with Gasteiger partial charge in [-0.15, -0.1) is 0 Å². The summed E-state index contributed by atoms with van der Waals surface area (Å²) in [5.74, 6) is -0.0666. The number of carbonyl (C=O) groups is 1. The third-order valence-corrected chi connectivity index (χ3v) is 2.10. The number of hydrogen-bond donors (Lipinski definition) is 1. The molecule has 0 aromatic heterocycles. The lowest BCUT2D eigenvalue weighted by atomic mass is 10.1. The number of likely N-dealkylation sites (N-methyl/N-ethyl adjacent to an activating group) is 1. The molecule has 0 saturated heterocycles. The summed E-state index contributed by atoms with van der Waals surface area (Å²) in [5.41, 5.74) is 3.28. The molecule has 0 saturated carbocycles. The van der Waals surface area contributed by atoms with Crippen LogP contribution in [-0.2, 0) is 4.79 Å². The standard InChI is InChI=1S/C12H15NO/c1-9-4-6-11(7-5-9)10(2)8-12(14)13-3/h4-8H,1-3H3,(H,13,14)/b10-8-. The number of aryl methyl sites for hydroxylation is 1. The largest absolute Gasteiger partial charge is 0.356 e. The summed E-state index contributed by atoms with van der Waals surface area (Å²) in [4.78, 5) is 11.1. The minimum absolute atomic E-state index is 0.0666. The van der Waals surface area contributed by atoms with Crippen molar-refractivity contribution in [1.29, 1.82) is 0 Å². The van der Waals surface area contributed by atoms with Gasteiger partial charge < -0.3 is 5.32 Å². The molecule has 1 N–H and O–H groups in total. The molecule has 74 valence electrons. The van der Waals surface area contributed by atoms with Crippen LogP contribution in [0.25, 0.3) is 5.57 Å². The molecule has 0 aliphatic heterocycles. The topological polar surface area (TPSA) is 29.1 Å². The predicted molar refractivity (Wildman–Crippen MR) is 58.9 cm³/mol. The Morgan fingerprint density at radius 1 is 1.29 bits per heavy atom. The molecule has 1 aromatic rings. The van der Waals surface area contributed by atoms with Crippen LogP contribution in [0.1, 0.15) is 18.1 Å². The summed E-state index contributed by atoms with van der Waals surface area (Å²) in [6.07, 6.45) is 1.60. The summed E-state index contributed by atoms with van der Waals surface area (Å²) >= 11 is 0. The van der Waals surface area contributed by atoms with Crippen molar-refractivity contribution < 1.29 is 4.79 Å². The number of hydrogen-bond acceptors (Lipinski definition) is 1. The molecule has 0 fully saturated rings. The van der Waals surface area contributed by atoms with E-state index in [0.29, 0.717) is 0 Å². The van der Waals surface area contributed by atoms with Crippen LogP contribution in [0.15, 0.2) is 30.3 Å². The number of allylic oxidation sites excluding steroid dienone is 1. The second kappa shape index (κ2) is 4.61. The van der Waals surface area contributed by atoms with E-state index in [0.717, 1.165) is 11.1 Å². The maximum absolute atomic E-state index is 11.1. The van der Waals surface area contributed by atoms with Gasteiger partial charge in [0.05, 0.1) is 0 Å². The zero-order valence-corrected chi connectivity index (χ0v) is 8.79. The highest BCUT2D eigenvalue weighted by Crippen LogP contribution is 2.13. The Kier molecular flexibility index (Phi) is 3.46. The lowest BCUT2D eigenvalue weighted by molar-refractivity contribution is -0.116. The highest BCUT2D eigenvalue weighted by atomic mass is 16.1. The maximum Gasteiger partial charge on any atom is 0.244 e. The van der Waals surface area contributed by atoms with Crippen molar-refractivity contribution in [3.05, 3.63) is 41.5 Å². The second-order valence-corrected chi connectivity index (χ2v) is 3.31. The quantitative estimate of drug-likeness (QED) is 0.709. The van der Waals surface area contributed by atoms with Crippen LogP contribution in [0, 0.1) is 6.92 Å². The van der Waals surface area contributed by atoms with Crippen LogP contribution >= 0.6 is 0 Å². The first kappa shape index (κ1) is 10.5. The number of benzene rings is 1. The van der Waals surface area contributed by atoms with Gasteiger partial charge in [0.25, 0.3) is 0 Å². The van der Waals surface area contributed by atoms with E-state index in [1.807, 2.05) is 38.1 Å². The van der Waals surface area contributed by atoms with Crippen LogP contribution in [-0.4, -0.2) is 13.0 Å². The van der Waals surface area contributed by atoms with E-state index in [-0.39, 0.29) is 5.91 Å². The number of nitrogens with one attached hydrogen (secondary N) is 1. The SMILES string of the molecule is CNC(=O)/C=C(/C)c1ccc(C)cc1. The molecule has 2 nitrogen and oxygen atoms in total. The van der Waals surface area contributed by atoms with Crippen molar-refractivity contribution in [1.82, 2.24) is 5.32 Å². The van der Waals surface area contributed by atoms with Gasteiger partial charge in [0.1, 0.15) is 0 Å². The minimum atomic E-state index is -0.0666. The van der Waals surface area contributed by atoms with Gasteiger partial charge >= 0.3 is 0 Å². The Bertz CT molecular complexity index is 349. The van der Waals surface area contributed by atoms with Gasteiger partial charge in [-0.1, -0.05) is 29.8 Å². The van der Waals surface area contributed by atoms with Crippen molar-refractivity contribution in [2.24, 2.45) is 0 Å². The molecule has 0 unspecified atom stereocenters. The number of rotatable bonds is 2. The normalized spacial score (nSPS) is 11.2. The average Bonchev–Trinajstić information content (AvgIpc) is 2.18. The van der Waals surface area contributed by atoms with Crippen LogP contribution in [0.3, 0.4) is 0 Å². The first-order valence-corrected chi connectivity index (χ1v) is 4.60. The molecule has 0 heterocycles. The highest BCUT2D eigenvalue weighted by Gasteiger charge is 1.97. The Morgan fingerprint density at radius 2 is 1.86 bits per heavy atom. The summed E-state index contributed by atoms with van der Waals surface area (Å²) in [5, 5.41) is 2.56. The Hall–Kier alpha value is -1.57. The predicted octanol–water partition coefficient (Wildman–Crippen LogP) is 2.14. The molecule has 1 rings (SSSR count). The molecule has 0 aliphatic carbocycles. The average molecular weight is 189 g/mol. The van der Waals surface area contributed by atoms with Crippen molar-refractivity contribution in [3.63, 3.8) is 0 Å². The van der Waals surface area contributed by atoms with E-state index in [2.05, 4.69) is 5.32 Å². The molecule has 14 heavy (non-hydrogen) atoms. The zero-order valence-electron chi connectivity index (χ0n) is 8.79. The molecule has 1 amide bonds. The second-order valence-electron chi connectivity index (χ2n) is 3.31. The van der Waals surface area contributed by atoms with E-state index < -0.39 is 0 Å². The smallest absolute Gasteiger partial charge is 0.244 e. The lowest BCUT2D eigenvalue weighted by Gasteiger charge is -2.01. The molecule has 2 heteroatoms. The van der Waals surface area contributed by atoms with Gasteiger partial charge in [0.15, 0.2) is 0 Å². The molecule has 1 aromatic carbocycles. The van der Waals surface area contributed by atoms with Crippen LogP contribution in [0.4, 0.5) is 0 Å². The van der Waals surface area contributed by atoms with Gasteiger partial charge in [-0.05, 0) is 25.0 Å². The first-order valence-electron chi connectivity index (χ1n) is 4.60. The summed E-state index contributed by atoms with van der Waals surface area (Å²) < 4.78 is 0. The van der Waals surface area contributed by atoms with Gasteiger partial charge in [-0.25, -0.2) is 0 Å². The Labute approximate surface area is 84.6 Å². The third-order valence-electron chi connectivity index (χ3n) is 2.10. The van der Waals surface area contributed by atoms with Crippen molar-refractivity contribution in [2.75, 3.05) is 7.05 Å². The molecule has 0 spiro atoms. The van der Waals surface area contributed by atoms with E-state index in [1.165, 1.54) is 5.56 Å². The van der Waals surface area contributed by atoms with Gasteiger partial charge in [-0.3, -0.25) is 4.79 Å². The fourth-order valence-electron chi connectivity index (χ4n) is 1.17. The summed E-state index contributed by atoms with van der Waals surface area (Å²) in [7, 11) is 1.63. The van der Waals surface area contributed by atoms with Crippen LogP contribution in [0.2, 0.25) is 0 Å². The monoisotopic (exact) mass is 189 g/mol. The molecule has 0 radical (unpaired) electrons. The minimum Gasteiger partial charge on any atom is -0.356 e. The number of carbonyl (C=O) groups excluding carboxylic acids is 1. The summed E-state index contributed by atoms with van der Waals surface area (Å²) in [6.45, 7) is 3.97.